The Morgan fingerprint density at radius 1 is 1.11 bits per heavy atom. The number of hydrogen-bond donors (Lipinski definition) is 2. The topological polar surface area (TPSA) is 64.1 Å². The highest BCUT2D eigenvalue weighted by atomic mass is 16.5. The van der Waals surface area contributed by atoms with Gasteiger partial charge in [0.25, 0.3) is 0 Å². The van der Waals surface area contributed by atoms with Crippen LogP contribution in [0.4, 0.5) is 5.69 Å². The molecule has 0 unspecified atom stereocenters. The van der Waals surface area contributed by atoms with Crippen LogP contribution in [-0.2, 0) is 6.54 Å². The predicted molar refractivity (Wildman–Crippen MR) is 108 cm³/mol. The van der Waals surface area contributed by atoms with E-state index < -0.39 is 0 Å². The normalized spacial score (nSPS) is 13.7. The van der Waals surface area contributed by atoms with Gasteiger partial charge in [0.05, 0.1) is 26.9 Å². The molecule has 144 valence electrons. The van der Waals surface area contributed by atoms with E-state index in [0.29, 0.717) is 25.7 Å². The zero-order valence-corrected chi connectivity index (χ0v) is 16.2. The minimum Gasteiger partial charge on any atom is -0.497 e. The number of anilines is 1. The summed E-state index contributed by atoms with van der Waals surface area (Å²) in [4.78, 5) is 4.69. The number of methoxy groups -OCH3 is 1. The fourth-order valence-electron chi connectivity index (χ4n) is 2.89. The molecule has 0 radical (unpaired) electrons. The van der Waals surface area contributed by atoms with Crippen molar-refractivity contribution < 1.29 is 14.2 Å². The first-order valence-corrected chi connectivity index (χ1v) is 9.27. The van der Waals surface area contributed by atoms with E-state index in [1.165, 1.54) is 0 Å². The number of guanidine groups is 1. The lowest BCUT2D eigenvalue weighted by molar-refractivity contribution is 0.297. The van der Waals surface area contributed by atoms with E-state index in [9.17, 15) is 0 Å². The SMILES string of the molecule is CCNC(=NCc1cc(C)cc(OC)c1)Nc1ccc2c(c1)OCCCO2. The van der Waals surface area contributed by atoms with E-state index in [-0.39, 0.29) is 0 Å². The van der Waals surface area contributed by atoms with E-state index in [1.807, 2.05) is 37.3 Å². The first kappa shape index (κ1) is 18.9. The molecular weight excluding hydrogens is 342 g/mol. The summed E-state index contributed by atoms with van der Waals surface area (Å²) in [5.41, 5.74) is 3.16. The maximum atomic E-state index is 5.76. The fourth-order valence-corrected chi connectivity index (χ4v) is 2.89. The van der Waals surface area contributed by atoms with E-state index in [2.05, 4.69) is 23.6 Å². The molecule has 1 aliphatic rings. The molecule has 2 aromatic carbocycles. The van der Waals surface area contributed by atoms with Crippen molar-refractivity contribution >= 4 is 11.6 Å². The van der Waals surface area contributed by atoms with Crippen LogP contribution in [0.3, 0.4) is 0 Å². The highest BCUT2D eigenvalue weighted by Gasteiger charge is 2.11. The molecule has 0 fully saturated rings. The minimum atomic E-state index is 0.553. The van der Waals surface area contributed by atoms with Crippen LogP contribution in [-0.4, -0.2) is 32.8 Å². The van der Waals surface area contributed by atoms with E-state index in [0.717, 1.165) is 47.0 Å². The summed E-state index contributed by atoms with van der Waals surface area (Å²) in [6.07, 6.45) is 0.890. The largest absolute Gasteiger partial charge is 0.497 e. The molecule has 0 spiro atoms. The van der Waals surface area contributed by atoms with E-state index in [4.69, 9.17) is 19.2 Å². The molecule has 3 rings (SSSR count). The monoisotopic (exact) mass is 369 g/mol. The number of aliphatic imine (C=N–C) groups is 1. The van der Waals surface area contributed by atoms with E-state index in [1.54, 1.807) is 7.11 Å². The summed E-state index contributed by atoms with van der Waals surface area (Å²) in [7, 11) is 1.68. The third kappa shape index (κ3) is 5.29. The summed E-state index contributed by atoms with van der Waals surface area (Å²) < 4.78 is 16.8. The molecule has 1 heterocycles. The Morgan fingerprint density at radius 2 is 1.93 bits per heavy atom. The standard InChI is InChI=1S/C21H27N3O3/c1-4-22-21(23-14-16-10-15(2)11-18(12-16)25-3)24-17-6-7-19-20(13-17)27-9-5-8-26-19/h6-7,10-13H,4-5,8-9,14H2,1-3H3,(H2,22,23,24). The fraction of sp³-hybridized carbons (Fsp3) is 0.381. The van der Waals surface area contributed by atoms with Crippen molar-refractivity contribution in [1.82, 2.24) is 5.32 Å². The van der Waals surface area contributed by atoms with Crippen LogP contribution in [0.5, 0.6) is 17.2 Å². The van der Waals surface area contributed by atoms with Gasteiger partial charge in [0.2, 0.25) is 0 Å². The Morgan fingerprint density at radius 3 is 2.70 bits per heavy atom. The first-order valence-electron chi connectivity index (χ1n) is 9.27. The number of fused-ring (bicyclic) bond motifs is 1. The van der Waals surface area contributed by atoms with Gasteiger partial charge in [-0.3, -0.25) is 0 Å². The molecule has 0 aromatic heterocycles. The summed E-state index contributed by atoms with van der Waals surface area (Å²) in [6.45, 7) is 6.77. The third-order valence-corrected chi connectivity index (χ3v) is 4.12. The molecule has 6 nitrogen and oxygen atoms in total. The highest BCUT2D eigenvalue weighted by molar-refractivity contribution is 5.93. The molecule has 0 aliphatic carbocycles. The van der Waals surface area contributed by atoms with Gasteiger partial charge in [-0.15, -0.1) is 0 Å². The molecule has 1 aliphatic heterocycles. The minimum absolute atomic E-state index is 0.553. The van der Waals surface area contributed by atoms with Gasteiger partial charge in [-0.1, -0.05) is 6.07 Å². The number of hydrogen-bond acceptors (Lipinski definition) is 4. The second kappa shape index (κ2) is 9.16. The molecule has 0 amide bonds. The van der Waals surface area contributed by atoms with Gasteiger partial charge < -0.3 is 24.8 Å². The molecule has 0 saturated heterocycles. The zero-order valence-electron chi connectivity index (χ0n) is 16.2. The van der Waals surface area contributed by atoms with Crippen LogP contribution in [0.2, 0.25) is 0 Å². The average Bonchev–Trinajstić information content (AvgIpc) is 2.91. The van der Waals surface area contributed by atoms with Gasteiger partial charge in [-0.25, -0.2) is 4.99 Å². The number of benzene rings is 2. The molecular formula is C21H27N3O3. The molecule has 0 bridgehead atoms. The quantitative estimate of drug-likeness (QED) is 0.621. The van der Waals surface area contributed by atoms with Crippen LogP contribution in [0.25, 0.3) is 0 Å². The van der Waals surface area contributed by atoms with Gasteiger partial charge in [0.15, 0.2) is 17.5 Å². The van der Waals surface area contributed by atoms with Gasteiger partial charge >= 0.3 is 0 Å². The Kier molecular flexibility index (Phi) is 6.41. The second-order valence-corrected chi connectivity index (χ2v) is 6.39. The summed E-state index contributed by atoms with van der Waals surface area (Å²) in [5, 5.41) is 6.61. The Bertz CT molecular complexity index is 805. The number of nitrogens with one attached hydrogen (secondary N) is 2. The van der Waals surface area contributed by atoms with Crippen LogP contribution < -0.4 is 24.8 Å². The van der Waals surface area contributed by atoms with Crippen molar-refractivity contribution in [2.24, 2.45) is 4.99 Å². The first-order chi connectivity index (χ1) is 13.2. The van der Waals surface area contributed by atoms with Crippen molar-refractivity contribution in [1.29, 1.82) is 0 Å². The van der Waals surface area contributed by atoms with Crippen molar-refractivity contribution in [3.8, 4) is 17.2 Å². The molecule has 6 heteroatoms. The lowest BCUT2D eigenvalue weighted by Gasteiger charge is -2.14. The average molecular weight is 369 g/mol. The summed E-state index contributed by atoms with van der Waals surface area (Å²) >= 11 is 0. The van der Waals surface area contributed by atoms with E-state index >= 15 is 0 Å². The van der Waals surface area contributed by atoms with Gasteiger partial charge in [-0.05, 0) is 49.2 Å². The summed E-state index contributed by atoms with van der Waals surface area (Å²) in [6, 6.07) is 12.0. The molecule has 0 saturated carbocycles. The van der Waals surface area contributed by atoms with Crippen LogP contribution >= 0.6 is 0 Å². The van der Waals surface area contributed by atoms with Gasteiger partial charge in [0.1, 0.15) is 5.75 Å². The Balaban J connectivity index is 1.74. The number of ether oxygens (including phenoxy) is 3. The highest BCUT2D eigenvalue weighted by Crippen LogP contribution is 2.32. The van der Waals surface area contributed by atoms with Crippen molar-refractivity contribution in [2.75, 3.05) is 32.2 Å². The lowest BCUT2D eigenvalue weighted by atomic mass is 10.1. The smallest absolute Gasteiger partial charge is 0.196 e. The predicted octanol–water partition coefficient (Wildman–Crippen LogP) is 3.74. The number of rotatable bonds is 5. The zero-order chi connectivity index (χ0) is 19.1. The Labute approximate surface area is 160 Å². The molecule has 2 aromatic rings. The third-order valence-electron chi connectivity index (χ3n) is 4.12. The second-order valence-electron chi connectivity index (χ2n) is 6.39. The van der Waals surface area contributed by atoms with Crippen LogP contribution in [0.1, 0.15) is 24.5 Å². The lowest BCUT2D eigenvalue weighted by Crippen LogP contribution is -2.30. The molecule has 0 atom stereocenters. The maximum absolute atomic E-state index is 5.76. The summed E-state index contributed by atoms with van der Waals surface area (Å²) in [5.74, 6) is 3.11. The van der Waals surface area contributed by atoms with Gasteiger partial charge in [-0.2, -0.15) is 0 Å². The number of nitrogens with zero attached hydrogens (tertiary/aromatic N) is 1. The van der Waals surface area contributed by atoms with Crippen LogP contribution in [0, 0.1) is 6.92 Å². The maximum Gasteiger partial charge on any atom is 0.196 e. The molecule has 27 heavy (non-hydrogen) atoms. The number of aryl methyl sites for hydroxylation is 1. The van der Waals surface area contributed by atoms with Crippen LogP contribution in [0.15, 0.2) is 41.4 Å². The van der Waals surface area contributed by atoms with Crippen molar-refractivity contribution in [3.63, 3.8) is 0 Å². The Hall–Kier alpha value is -2.89. The van der Waals surface area contributed by atoms with Crippen molar-refractivity contribution in [3.05, 3.63) is 47.5 Å². The van der Waals surface area contributed by atoms with Gasteiger partial charge in [0, 0.05) is 24.7 Å². The molecule has 2 N–H and O–H groups in total. The van der Waals surface area contributed by atoms with Crippen molar-refractivity contribution in [2.45, 2.75) is 26.8 Å².